The van der Waals surface area contributed by atoms with Crippen LogP contribution in [0.2, 0.25) is 0 Å². The number of aromatic nitrogens is 2. The van der Waals surface area contributed by atoms with Crippen LogP contribution in [0.25, 0.3) is 121 Å². The lowest BCUT2D eigenvalue weighted by atomic mass is 9.33. The van der Waals surface area contributed by atoms with E-state index in [0.29, 0.717) is 27.6 Å². The largest absolute Gasteiger partial charge is 0.309 e. The quantitative estimate of drug-likeness (QED) is 0.141. The van der Waals surface area contributed by atoms with Crippen molar-refractivity contribution < 1.29 is 8.22 Å². The van der Waals surface area contributed by atoms with E-state index in [-0.39, 0.29) is 58.1 Å². The van der Waals surface area contributed by atoms with Crippen LogP contribution in [0.5, 0.6) is 0 Å². The molecule has 0 N–H and O–H groups in total. The molecule has 14 aromatic carbocycles. The minimum absolute atomic E-state index is 0.0472. The normalized spacial score (nSPS) is 14.1. The highest BCUT2D eigenvalue weighted by atomic mass is 15.2. The lowest BCUT2D eigenvalue weighted by Gasteiger charge is -2.46. The van der Waals surface area contributed by atoms with Gasteiger partial charge in [-0.15, -0.1) is 0 Å². The minimum atomic E-state index is -0.748. The lowest BCUT2D eigenvalue weighted by Crippen LogP contribution is -2.61. The van der Waals surface area contributed by atoms with Crippen LogP contribution < -0.4 is 26.2 Å². The van der Waals surface area contributed by atoms with Gasteiger partial charge in [0.15, 0.2) is 0 Å². The number of nitrogens with zero attached hydrogens (tertiary/aromatic N) is 4. The summed E-state index contributed by atoms with van der Waals surface area (Å²) in [7, 11) is 0. The summed E-state index contributed by atoms with van der Waals surface area (Å²) in [5.41, 5.74) is 25.0. The molecule has 2 aliphatic heterocycles. The fraction of sp³-hybridized carbons (Fsp3) is 0.160. The summed E-state index contributed by atoms with van der Waals surface area (Å²) in [5.74, 6) is 0. The van der Waals surface area contributed by atoms with Gasteiger partial charge >= 0.3 is 0 Å². The lowest BCUT2D eigenvalue weighted by molar-refractivity contribution is 0.590. The van der Waals surface area contributed by atoms with Crippen LogP contribution in [-0.4, -0.2) is 15.7 Å². The Bertz CT molecular complexity index is 6530. The molecule has 4 nitrogen and oxygen atoms in total. The number of rotatable bonds is 8. The van der Waals surface area contributed by atoms with Gasteiger partial charge in [-0.2, -0.15) is 0 Å². The SMILES string of the molecule is [2H]c1c(C(C)(C)C)c([2H])c2c3c([2H])c(C(C)(C)C)c([2H])c([2H])c3n(-c3ccc4c(c3)N(c3c(-c5ccccc5)cc(C(C)(C)C)cc3-c3ccccc3)c3c5c(c6c7ccccc7n7c8ccccc8c3c67)N(c3c(-c6ccccc6)cc(C(C)(C)C)cc3-c3ccccc3)c3cc(-c6ccccc6)ccc3B45)c2c1[2H]. The maximum Gasteiger partial charge on any atom is 0.252 e. The van der Waals surface area contributed by atoms with Gasteiger partial charge in [0.05, 0.1) is 58.6 Å². The van der Waals surface area contributed by atoms with Gasteiger partial charge in [-0.1, -0.05) is 301 Å². The molecule has 3 aromatic heterocycles. The number of anilines is 6. The molecule has 0 saturated heterocycles. The number of hydrogen-bond donors (Lipinski definition) is 0. The molecule has 508 valence electrons. The molecule has 0 fully saturated rings. The van der Waals surface area contributed by atoms with Crippen molar-refractivity contribution >= 4 is 117 Å². The van der Waals surface area contributed by atoms with Gasteiger partial charge < -0.3 is 18.8 Å². The molecule has 0 spiro atoms. The molecule has 17 aromatic rings. The van der Waals surface area contributed by atoms with Gasteiger partial charge in [0, 0.05) is 71.6 Å². The van der Waals surface area contributed by atoms with Gasteiger partial charge in [0.2, 0.25) is 0 Å². The maximum atomic E-state index is 10.5. The van der Waals surface area contributed by atoms with Gasteiger partial charge in [-0.3, -0.25) is 0 Å². The van der Waals surface area contributed by atoms with E-state index in [1.807, 2.05) is 46.1 Å². The third-order valence-electron chi connectivity index (χ3n) is 22.3. The van der Waals surface area contributed by atoms with Crippen molar-refractivity contribution in [1.82, 2.24) is 8.97 Å². The van der Waals surface area contributed by atoms with Crippen molar-refractivity contribution in [3.05, 3.63) is 319 Å². The molecular weight excluding hydrogens is 1270 g/mol. The van der Waals surface area contributed by atoms with Crippen LogP contribution >= 0.6 is 0 Å². The van der Waals surface area contributed by atoms with E-state index in [9.17, 15) is 8.22 Å². The van der Waals surface area contributed by atoms with Crippen LogP contribution in [-0.2, 0) is 21.7 Å². The highest BCUT2D eigenvalue weighted by Gasteiger charge is 2.49. The first-order valence-electron chi connectivity index (χ1n) is 40.0. The minimum Gasteiger partial charge on any atom is -0.309 e. The number of fused-ring (bicyclic) bond motifs is 15. The average Bonchev–Trinajstić information content (AvgIpc) is 0.851. The monoisotopic (exact) mass is 1360 g/mol. The van der Waals surface area contributed by atoms with Crippen LogP contribution in [0.1, 0.15) is 114 Å². The van der Waals surface area contributed by atoms with Crippen LogP contribution in [0.4, 0.5) is 34.1 Å². The zero-order chi connectivity index (χ0) is 77.0. The summed E-state index contributed by atoms with van der Waals surface area (Å²) in [4.78, 5) is 5.30. The molecule has 5 heterocycles. The van der Waals surface area contributed by atoms with E-state index < -0.39 is 17.5 Å². The van der Waals surface area contributed by atoms with E-state index in [4.69, 9.17) is 0 Å². The van der Waals surface area contributed by atoms with Crippen molar-refractivity contribution in [2.75, 3.05) is 9.80 Å². The number of para-hydroxylation sites is 2. The summed E-state index contributed by atoms with van der Waals surface area (Å²) in [5, 5.41) is 5.06. The van der Waals surface area contributed by atoms with Crippen molar-refractivity contribution in [2.45, 2.75) is 105 Å². The molecule has 0 amide bonds. The Hall–Kier alpha value is -11.7. The van der Waals surface area contributed by atoms with E-state index in [2.05, 4.69) is 317 Å². The fourth-order valence-corrected chi connectivity index (χ4v) is 17.0. The first-order valence-corrected chi connectivity index (χ1v) is 37.0. The Kier molecular flexibility index (Phi) is 12.9. The second kappa shape index (κ2) is 23.4. The third-order valence-corrected chi connectivity index (χ3v) is 22.3. The van der Waals surface area contributed by atoms with E-state index in [1.165, 1.54) is 5.56 Å². The first kappa shape index (κ1) is 57.8. The van der Waals surface area contributed by atoms with Crippen molar-refractivity contribution in [2.24, 2.45) is 0 Å². The Morgan fingerprint density at radius 2 is 0.648 bits per heavy atom. The van der Waals surface area contributed by atoms with E-state index in [0.717, 1.165) is 150 Å². The summed E-state index contributed by atoms with van der Waals surface area (Å²) < 4.78 is 66.3. The van der Waals surface area contributed by atoms with Crippen molar-refractivity contribution in [3.8, 4) is 61.3 Å². The Morgan fingerprint density at radius 3 is 1.04 bits per heavy atom. The second-order valence-corrected chi connectivity index (χ2v) is 33.2. The highest BCUT2D eigenvalue weighted by Crippen LogP contribution is 2.60. The molecule has 0 bridgehead atoms. The van der Waals surface area contributed by atoms with Gasteiger partial charge in [-0.05, 0) is 172 Å². The molecular formula is C100H85BN4. The Balaban J connectivity index is 1.08. The Morgan fingerprint density at radius 1 is 0.295 bits per heavy atom. The fourth-order valence-electron chi connectivity index (χ4n) is 17.0. The predicted molar refractivity (Wildman–Crippen MR) is 451 cm³/mol. The van der Waals surface area contributed by atoms with Crippen molar-refractivity contribution in [1.29, 1.82) is 0 Å². The van der Waals surface area contributed by atoms with Crippen LogP contribution in [0, 0.1) is 0 Å². The summed E-state index contributed by atoms with van der Waals surface area (Å²) >= 11 is 0. The zero-order valence-corrected chi connectivity index (χ0v) is 61.7. The smallest absolute Gasteiger partial charge is 0.252 e. The van der Waals surface area contributed by atoms with Gasteiger partial charge in [0.1, 0.15) is 0 Å². The average molecular weight is 1360 g/mol. The number of hydrogen-bond acceptors (Lipinski definition) is 2. The number of benzene rings is 14. The van der Waals surface area contributed by atoms with Crippen LogP contribution in [0.15, 0.2) is 297 Å². The van der Waals surface area contributed by atoms with E-state index in [1.54, 1.807) is 0 Å². The van der Waals surface area contributed by atoms with Gasteiger partial charge in [0.25, 0.3) is 6.71 Å². The first-order chi connectivity index (χ1) is 53.2. The highest BCUT2D eigenvalue weighted by molar-refractivity contribution is 7.01. The summed E-state index contributed by atoms with van der Waals surface area (Å²) in [6.07, 6.45) is 0. The van der Waals surface area contributed by atoms with E-state index >= 15 is 0 Å². The predicted octanol–water partition coefficient (Wildman–Crippen LogP) is 25.5. The summed E-state index contributed by atoms with van der Waals surface area (Å²) in [6.45, 7) is 25.2. The molecule has 5 heteroatoms. The molecule has 0 radical (unpaired) electrons. The third kappa shape index (κ3) is 10.0. The van der Waals surface area contributed by atoms with Crippen LogP contribution in [0.3, 0.4) is 0 Å². The Labute approximate surface area is 626 Å². The molecule has 0 atom stereocenters. The molecule has 105 heavy (non-hydrogen) atoms. The molecule has 0 saturated carbocycles. The maximum absolute atomic E-state index is 10.5. The van der Waals surface area contributed by atoms with Crippen molar-refractivity contribution in [3.63, 3.8) is 0 Å². The molecule has 2 aliphatic rings. The molecule has 0 unspecified atom stereocenters. The second-order valence-electron chi connectivity index (χ2n) is 33.2. The topological polar surface area (TPSA) is 15.8 Å². The molecule has 0 aliphatic carbocycles. The molecule has 19 rings (SSSR count). The van der Waals surface area contributed by atoms with Gasteiger partial charge in [-0.25, -0.2) is 0 Å². The standard InChI is InChI=1S/C100H85BN4/c1-97(2,3)68-47-52-85-79(55-68)80-56-69(98(4,5)6)48-53-86(80)102(85)72-49-51-82-88(61-72)105(93-77(65-38-24-16-25-39-65)59-71(100(10,11)12)60-78(93)66-40-26-17-27-41-66)96-90-74-43-29-31-45-84(74)103-83-44-30-28-42-73(83)89(94(90)103)95-91(96)101(82)81-50-46-67(62-32-18-13-19-33-62)54-87(81)104(95)92-75(63-34-20-14-21-35-63)57-70(99(7,8)9)58-76(92)64-36-22-15-23-37-64/h13-61H,1-12H3/i47D,48D,52D,53D,55D,56D. The zero-order valence-electron chi connectivity index (χ0n) is 67.7. The summed E-state index contributed by atoms with van der Waals surface area (Å²) in [6, 6.07) is 95.7.